The first-order valence-corrected chi connectivity index (χ1v) is 5.37. The van der Waals surface area contributed by atoms with Gasteiger partial charge >= 0.3 is 0 Å². The third-order valence-corrected chi connectivity index (χ3v) is 1.96. The Morgan fingerprint density at radius 1 is 1.40 bits per heavy atom. The Bertz CT molecular complexity index is 200. The van der Waals surface area contributed by atoms with E-state index in [2.05, 4.69) is 31.2 Å². The number of nitrogens with one attached hydrogen (secondary N) is 1. The SMILES string of the molecule is CONC(=NCCCC(C)(C)C)N(C)C.[HH]. The molecule has 0 spiro atoms. The zero-order valence-corrected chi connectivity index (χ0v) is 10.9. The minimum Gasteiger partial charge on any atom is -0.347 e. The highest BCUT2D eigenvalue weighted by Crippen LogP contribution is 2.20. The highest BCUT2D eigenvalue weighted by Gasteiger charge is 2.08. The molecule has 0 aliphatic carbocycles. The summed E-state index contributed by atoms with van der Waals surface area (Å²) in [5.41, 5.74) is 3.15. The molecule has 4 heteroatoms. The molecule has 0 amide bonds. The van der Waals surface area contributed by atoms with Crippen LogP contribution in [0.2, 0.25) is 0 Å². The van der Waals surface area contributed by atoms with Crippen molar-refractivity contribution in [2.75, 3.05) is 27.7 Å². The highest BCUT2D eigenvalue weighted by molar-refractivity contribution is 5.78. The number of rotatable bonds is 4. The summed E-state index contributed by atoms with van der Waals surface area (Å²) in [5, 5.41) is 0. The van der Waals surface area contributed by atoms with Crippen molar-refractivity contribution in [3.63, 3.8) is 0 Å². The largest absolute Gasteiger partial charge is 0.347 e. The third kappa shape index (κ3) is 8.24. The number of guanidine groups is 1. The molecule has 0 unspecified atom stereocenters. The average molecular weight is 217 g/mol. The van der Waals surface area contributed by atoms with E-state index in [1.165, 1.54) is 6.42 Å². The van der Waals surface area contributed by atoms with Gasteiger partial charge in [0.05, 0.1) is 7.11 Å². The fourth-order valence-electron chi connectivity index (χ4n) is 1.15. The highest BCUT2D eigenvalue weighted by atomic mass is 16.6. The normalized spacial score (nSPS) is 12.8. The molecule has 92 valence electrons. The van der Waals surface area contributed by atoms with Gasteiger partial charge in [-0.05, 0) is 18.3 Å². The molecule has 0 radical (unpaired) electrons. The van der Waals surface area contributed by atoms with E-state index < -0.39 is 0 Å². The lowest BCUT2D eigenvalue weighted by atomic mass is 9.91. The zero-order chi connectivity index (χ0) is 11.9. The summed E-state index contributed by atoms with van der Waals surface area (Å²) in [7, 11) is 5.47. The van der Waals surface area contributed by atoms with E-state index in [0.29, 0.717) is 5.41 Å². The molecule has 0 saturated carbocycles. The molecule has 1 N–H and O–H groups in total. The summed E-state index contributed by atoms with van der Waals surface area (Å²) in [6.07, 6.45) is 2.29. The van der Waals surface area contributed by atoms with Crippen LogP contribution in [0.3, 0.4) is 0 Å². The van der Waals surface area contributed by atoms with Gasteiger partial charge in [0.25, 0.3) is 0 Å². The van der Waals surface area contributed by atoms with Gasteiger partial charge in [0.1, 0.15) is 0 Å². The van der Waals surface area contributed by atoms with Gasteiger partial charge in [0.15, 0.2) is 0 Å². The van der Waals surface area contributed by atoms with E-state index in [0.717, 1.165) is 18.9 Å². The molecule has 0 bridgehead atoms. The second-order valence-electron chi connectivity index (χ2n) is 5.07. The van der Waals surface area contributed by atoms with Gasteiger partial charge < -0.3 is 4.90 Å². The number of hydrogen-bond acceptors (Lipinski definition) is 2. The Labute approximate surface area is 95.1 Å². The lowest BCUT2D eigenvalue weighted by Crippen LogP contribution is -2.35. The summed E-state index contributed by atoms with van der Waals surface area (Å²) in [6, 6.07) is 0. The molecule has 0 saturated heterocycles. The second-order valence-corrected chi connectivity index (χ2v) is 5.07. The van der Waals surface area contributed by atoms with Crippen molar-refractivity contribution in [1.82, 2.24) is 10.4 Å². The Morgan fingerprint density at radius 2 is 2.00 bits per heavy atom. The number of hydrogen-bond donors (Lipinski definition) is 1. The molecule has 4 nitrogen and oxygen atoms in total. The monoisotopic (exact) mass is 217 g/mol. The van der Waals surface area contributed by atoms with E-state index in [1.54, 1.807) is 7.11 Å². The smallest absolute Gasteiger partial charge is 0.217 e. The third-order valence-electron chi connectivity index (χ3n) is 1.96. The van der Waals surface area contributed by atoms with Crippen molar-refractivity contribution in [3.05, 3.63) is 0 Å². The molecule has 0 aromatic carbocycles. The Kier molecular flexibility index (Phi) is 6.32. The average Bonchev–Trinajstić information content (AvgIpc) is 2.08. The maximum atomic E-state index is 4.84. The van der Waals surface area contributed by atoms with Crippen LogP contribution in [0.4, 0.5) is 0 Å². The molecular weight excluding hydrogens is 190 g/mol. The summed E-state index contributed by atoms with van der Waals surface area (Å²) in [5.74, 6) is 0.770. The number of hydroxylamine groups is 1. The van der Waals surface area contributed by atoms with E-state index in [1.807, 2.05) is 19.0 Å². The molecular formula is C11H27N3O. The molecule has 0 atom stereocenters. The summed E-state index contributed by atoms with van der Waals surface area (Å²) in [6.45, 7) is 7.58. The minimum absolute atomic E-state index is 0. The lowest BCUT2D eigenvalue weighted by molar-refractivity contribution is 0.134. The Balaban J connectivity index is 0. The van der Waals surface area contributed by atoms with Crippen molar-refractivity contribution < 1.29 is 6.26 Å². The van der Waals surface area contributed by atoms with Crippen LogP contribution in [0.1, 0.15) is 35.0 Å². The quantitative estimate of drug-likeness (QED) is 0.339. The van der Waals surface area contributed by atoms with Crippen LogP contribution >= 0.6 is 0 Å². The van der Waals surface area contributed by atoms with Gasteiger partial charge in [-0.15, -0.1) is 0 Å². The van der Waals surface area contributed by atoms with Crippen molar-refractivity contribution in [3.8, 4) is 0 Å². The van der Waals surface area contributed by atoms with E-state index >= 15 is 0 Å². The lowest BCUT2D eigenvalue weighted by Gasteiger charge is -2.18. The van der Waals surface area contributed by atoms with Crippen LogP contribution in [-0.4, -0.2) is 38.6 Å². The molecule has 0 aliphatic heterocycles. The predicted octanol–water partition coefficient (Wildman–Crippen LogP) is 2.13. The van der Waals surface area contributed by atoms with Gasteiger partial charge in [-0.3, -0.25) is 9.83 Å². The molecule has 15 heavy (non-hydrogen) atoms. The first-order chi connectivity index (χ1) is 6.87. The van der Waals surface area contributed by atoms with E-state index in [9.17, 15) is 0 Å². The van der Waals surface area contributed by atoms with Crippen LogP contribution in [-0.2, 0) is 4.84 Å². The molecule has 0 aromatic rings. The standard InChI is InChI=1S/C11H25N3O.H2/c1-11(2,3)8-7-9-12-10(13-15-6)14(4)5;/h7-9H2,1-6H3,(H,12,13);1H. The fourth-order valence-corrected chi connectivity index (χ4v) is 1.15. The molecule has 0 aliphatic rings. The topological polar surface area (TPSA) is 36.9 Å². The second kappa shape index (κ2) is 6.67. The Hall–Kier alpha value is -0.770. The van der Waals surface area contributed by atoms with Crippen molar-refractivity contribution >= 4 is 5.96 Å². The minimum atomic E-state index is 0. The fraction of sp³-hybridized carbons (Fsp3) is 0.909. The first-order valence-electron chi connectivity index (χ1n) is 5.37. The molecule has 0 fully saturated rings. The molecule has 0 rings (SSSR count). The van der Waals surface area contributed by atoms with Gasteiger partial charge in [0, 0.05) is 22.1 Å². The summed E-state index contributed by atoms with van der Waals surface area (Å²) < 4.78 is 0. The van der Waals surface area contributed by atoms with E-state index in [-0.39, 0.29) is 1.43 Å². The van der Waals surface area contributed by atoms with Crippen molar-refractivity contribution in [2.24, 2.45) is 10.4 Å². The predicted molar refractivity (Wildman–Crippen MR) is 66.9 cm³/mol. The van der Waals surface area contributed by atoms with Crippen LogP contribution < -0.4 is 5.48 Å². The van der Waals surface area contributed by atoms with Crippen molar-refractivity contribution in [2.45, 2.75) is 33.6 Å². The molecule has 0 aromatic heterocycles. The van der Waals surface area contributed by atoms with Crippen LogP contribution in [0.15, 0.2) is 4.99 Å². The number of nitrogens with zero attached hydrogens (tertiary/aromatic N) is 2. The Morgan fingerprint density at radius 3 is 2.40 bits per heavy atom. The van der Waals surface area contributed by atoms with Crippen LogP contribution in [0, 0.1) is 5.41 Å². The zero-order valence-electron chi connectivity index (χ0n) is 10.9. The van der Waals surface area contributed by atoms with Crippen molar-refractivity contribution in [1.29, 1.82) is 0 Å². The van der Waals surface area contributed by atoms with Gasteiger partial charge in [-0.2, -0.15) is 0 Å². The van der Waals surface area contributed by atoms with E-state index in [4.69, 9.17) is 4.84 Å². The van der Waals surface area contributed by atoms with Gasteiger partial charge in [-0.1, -0.05) is 20.8 Å². The van der Waals surface area contributed by atoms with Gasteiger partial charge in [0.2, 0.25) is 5.96 Å². The maximum Gasteiger partial charge on any atom is 0.217 e. The number of aliphatic imine (C=N–C) groups is 1. The maximum absolute atomic E-state index is 4.84. The summed E-state index contributed by atoms with van der Waals surface area (Å²) >= 11 is 0. The molecule has 0 heterocycles. The van der Waals surface area contributed by atoms with Crippen LogP contribution in [0.5, 0.6) is 0 Å². The first kappa shape index (κ1) is 14.2. The van der Waals surface area contributed by atoms with Gasteiger partial charge in [-0.25, -0.2) is 5.48 Å². The summed E-state index contributed by atoms with van der Waals surface area (Å²) in [4.78, 5) is 11.2. The van der Waals surface area contributed by atoms with Crippen LogP contribution in [0.25, 0.3) is 0 Å².